The molecule has 0 spiro atoms. The molecule has 0 bridgehead atoms. The number of carbonyl (C=O) groups is 1. The van der Waals surface area contributed by atoms with Crippen LogP contribution in [0.5, 0.6) is 11.5 Å². The third kappa shape index (κ3) is 4.63. The van der Waals surface area contributed by atoms with Gasteiger partial charge in [-0.3, -0.25) is 19.8 Å². The number of amides is 1. The average Bonchev–Trinajstić information content (AvgIpc) is 3.26. The molecule has 9 heteroatoms. The first-order valence-corrected chi connectivity index (χ1v) is 10.9. The van der Waals surface area contributed by atoms with Crippen LogP contribution in [0.25, 0.3) is 10.9 Å². The highest BCUT2D eigenvalue weighted by molar-refractivity contribution is 5.96. The number of fused-ring (bicyclic) bond motifs is 1. The van der Waals surface area contributed by atoms with Crippen molar-refractivity contribution in [3.05, 3.63) is 58.3 Å². The number of hydrogen-bond acceptors (Lipinski definition) is 6. The van der Waals surface area contributed by atoms with Crippen molar-refractivity contribution in [2.45, 2.75) is 31.7 Å². The van der Waals surface area contributed by atoms with E-state index in [9.17, 15) is 14.9 Å². The topological polar surface area (TPSA) is 110 Å². The lowest BCUT2D eigenvalue weighted by molar-refractivity contribution is -0.384. The number of aromatic amines is 1. The van der Waals surface area contributed by atoms with Gasteiger partial charge in [0, 0.05) is 17.1 Å². The van der Waals surface area contributed by atoms with Gasteiger partial charge in [0.25, 0.3) is 5.69 Å². The molecule has 1 unspecified atom stereocenters. The van der Waals surface area contributed by atoms with E-state index in [4.69, 9.17) is 9.47 Å². The fourth-order valence-electron chi connectivity index (χ4n) is 4.48. The van der Waals surface area contributed by atoms with Gasteiger partial charge in [0.2, 0.25) is 5.91 Å². The van der Waals surface area contributed by atoms with E-state index in [1.54, 1.807) is 13.2 Å². The van der Waals surface area contributed by atoms with Crippen molar-refractivity contribution in [2.24, 2.45) is 0 Å². The van der Waals surface area contributed by atoms with Crippen LogP contribution < -0.4 is 14.8 Å². The predicted molar refractivity (Wildman–Crippen MR) is 126 cm³/mol. The second kappa shape index (κ2) is 9.50. The van der Waals surface area contributed by atoms with Crippen molar-refractivity contribution in [3.8, 4) is 11.5 Å². The minimum atomic E-state index is -0.523. The van der Waals surface area contributed by atoms with E-state index < -0.39 is 11.0 Å². The molecule has 4 rings (SSSR count). The minimum Gasteiger partial charge on any atom is -0.497 e. The van der Waals surface area contributed by atoms with Gasteiger partial charge >= 0.3 is 0 Å². The van der Waals surface area contributed by atoms with E-state index in [1.165, 1.54) is 30.2 Å². The van der Waals surface area contributed by atoms with E-state index in [0.29, 0.717) is 11.7 Å². The number of H-pyrrole nitrogens is 1. The molecular formula is C24H28N4O5. The summed E-state index contributed by atoms with van der Waals surface area (Å²) in [5.41, 5.74) is 2.33. The summed E-state index contributed by atoms with van der Waals surface area (Å²) in [6, 6.07) is 10.0. The summed E-state index contributed by atoms with van der Waals surface area (Å²) in [5, 5.41) is 15.3. The van der Waals surface area contributed by atoms with Crippen LogP contribution in [-0.2, 0) is 4.79 Å². The number of nitro benzene ring substituents is 1. The molecule has 174 valence electrons. The van der Waals surface area contributed by atoms with Crippen molar-refractivity contribution in [1.82, 2.24) is 9.88 Å². The highest BCUT2D eigenvalue weighted by Crippen LogP contribution is 2.35. The van der Waals surface area contributed by atoms with E-state index in [-0.39, 0.29) is 17.3 Å². The number of carbonyl (C=O) groups excluding carboxylic acids is 1. The standard InChI is InChI=1S/C24H28N4O5/c1-15(24(29)26-22-7-5-18(33-3)13-23(22)28(30)31)27-10-8-16(9-11-27)20-14-25-21-6-4-17(32-2)12-19(20)21/h4-7,12-16,25H,8-11H2,1-3H3,(H,26,29). The maximum Gasteiger partial charge on any atom is 0.296 e. The second-order valence-electron chi connectivity index (χ2n) is 8.27. The molecule has 1 aliphatic heterocycles. The lowest BCUT2D eigenvalue weighted by atomic mass is 9.88. The van der Waals surface area contributed by atoms with Crippen LogP contribution >= 0.6 is 0 Å². The van der Waals surface area contributed by atoms with E-state index >= 15 is 0 Å². The summed E-state index contributed by atoms with van der Waals surface area (Å²) in [6.45, 7) is 3.36. The number of likely N-dealkylation sites (tertiary alicyclic amines) is 1. The van der Waals surface area contributed by atoms with Crippen molar-refractivity contribution in [1.29, 1.82) is 0 Å². The lowest BCUT2D eigenvalue weighted by Gasteiger charge is -2.35. The lowest BCUT2D eigenvalue weighted by Crippen LogP contribution is -2.45. The molecule has 1 saturated heterocycles. The zero-order valence-corrected chi connectivity index (χ0v) is 19.0. The Morgan fingerprint density at radius 2 is 1.82 bits per heavy atom. The SMILES string of the molecule is COc1ccc(NC(=O)C(C)N2CCC(c3c[nH]c4ccc(OC)cc34)CC2)c([N+](=O)[O-])c1. The molecule has 1 fully saturated rings. The Morgan fingerprint density at radius 1 is 1.15 bits per heavy atom. The van der Waals surface area contributed by atoms with Crippen molar-refractivity contribution in [2.75, 3.05) is 32.6 Å². The molecule has 9 nitrogen and oxygen atoms in total. The van der Waals surface area contributed by atoms with Gasteiger partial charge in [-0.2, -0.15) is 0 Å². The summed E-state index contributed by atoms with van der Waals surface area (Å²) in [4.78, 5) is 29.2. The van der Waals surface area contributed by atoms with Crippen LogP contribution in [0.2, 0.25) is 0 Å². The fourth-order valence-corrected chi connectivity index (χ4v) is 4.48. The molecule has 1 atom stereocenters. The van der Waals surface area contributed by atoms with E-state index in [1.807, 2.05) is 19.1 Å². The Morgan fingerprint density at radius 3 is 2.48 bits per heavy atom. The fraction of sp³-hybridized carbons (Fsp3) is 0.375. The van der Waals surface area contributed by atoms with Gasteiger partial charge in [-0.15, -0.1) is 0 Å². The third-order valence-electron chi connectivity index (χ3n) is 6.48. The molecule has 0 aliphatic carbocycles. The van der Waals surface area contributed by atoms with Crippen LogP contribution in [0.3, 0.4) is 0 Å². The van der Waals surface area contributed by atoms with Crippen LogP contribution in [0.1, 0.15) is 31.2 Å². The van der Waals surface area contributed by atoms with Gasteiger partial charge in [0.05, 0.1) is 31.3 Å². The number of nitro groups is 1. The smallest absolute Gasteiger partial charge is 0.296 e. The molecule has 1 aliphatic rings. The number of nitrogens with one attached hydrogen (secondary N) is 2. The van der Waals surface area contributed by atoms with Gasteiger partial charge in [0.15, 0.2) is 0 Å². The first-order chi connectivity index (χ1) is 15.9. The number of aromatic nitrogens is 1. The Bertz CT molecular complexity index is 1170. The maximum atomic E-state index is 12.9. The molecule has 2 heterocycles. The first-order valence-electron chi connectivity index (χ1n) is 10.9. The van der Waals surface area contributed by atoms with Crippen molar-refractivity contribution >= 4 is 28.2 Å². The zero-order valence-electron chi connectivity index (χ0n) is 19.0. The third-order valence-corrected chi connectivity index (χ3v) is 6.48. The Kier molecular flexibility index (Phi) is 6.50. The summed E-state index contributed by atoms with van der Waals surface area (Å²) in [6.07, 6.45) is 3.91. The molecule has 1 amide bonds. The van der Waals surface area contributed by atoms with Gasteiger partial charge in [-0.25, -0.2) is 0 Å². The Hall–Kier alpha value is -3.59. The summed E-state index contributed by atoms with van der Waals surface area (Å²) in [7, 11) is 3.11. The number of ether oxygens (including phenoxy) is 2. The largest absolute Gasteiger partial charge is 0.497 e. The summed E-state index contributed by atoms with van der Waals surface area (Å²) < 4.78 is 10.4. The highest BCUT2D eigenvalue weighted by Gasteiger charge is 2.29. The average molecular weight is 453 g/mol. The summed E-state index contributed by atoms with van der Waals surface area (Å²) >= 11 is 0. The first kappa shape index (κ1) is 22.6. The van der Waals surface area contributed by atoms with Gasteiger partial charge in [-0.05, 0) is 74.7 Å². The van der Waals surface area contributed by atoms with Gasteiger partial charge < -0.3 is 19.8 Å². The summed E-state index contributed by atoms with van der Waals surface area (Å²) in [5.74, 6) is 1.32. The molecule has 3 aromatic rings. The number of rotatable bonds is 7. The quantitative estimate of drug-likeness (QED) is 0.409. The Balaban J connectivity index is 1.41. The number of hydrogen-bond donors (Lipinski definition) is 2. The molecule has 1 aromatic heterocycles. The van der Waals surface area contributed by atoms with E-state index in [2.05, 4.69) is 27.5 Å². The van der Waals surface area contributed by atoms with Crippen LogP contribution in [-0.4, -0.2) is 54.1 Å². The number of piperidine rings is 1. The van der Waals surface area contributed by atoms with E-state index in [0.717, 1.165) is 37.2 Å². The van der Waals surface area contributed by atoms with Gasteiger partial charge in [0.1, 0.15) is 17.2 Å². The maximum absolute atomic E-state index is 12.9. The second-order valence-corrected chi connectivity index (χ2v) is 8.27. The van der Waals surface area contributed by atoms with Crippen LogP contribution in [0.4, 0.5) is 11.4 Å². The Labute approximate surface area is 191 Å². The predicted octanol–water partition coefficient (Wildman–Crippen LogP) is 4.30. The molecular weight excluding hydrogens is 424 g/mol. The number of benzene rings is 2. The molecule has 2 aromatic carbocycles. The zero-order chi connectivity index (χ0) is 23.5. The van der Waals surface area contributed by atoms with Crippen molar-refractivity contribution < 1.29 is 19.2 Å². The molecule has 33 heavy (non-hydrogen) atoms. The number of nitrogens with zero attached hydrogens (tertiary/aromatic N) is 2. The normalized spacial score (nSPS) is 15.8. The minimum absolute atomic E-state index is 0.167. The molecule has 2 N–H and O–H groups in total. The number of methoxy groups -OCH3 is 2. The molecule has 0 saturated carbocycles. The van der Waals surface area contributed by atoms with Crippen molar-refractivity contribution in [3.63, 3.8) is 0 Å². The molecule has 0 radical (unpaired) electrons. The van der Waals surface area contributed by atoms with Crippen LogP contribution in [0.15, 0.2) is 42.6 Å². The van der Waals surface area contributed by atoms with Crippen LogP contribution in [0, 0.1) is 10.1 Å². The van der Waals surface area contributed by atoms with Gasteiger partial charge in [-0.1, -0.05) is 0 Å². The number of anilines is 1. The monoisotopic (exact) mass is 452 g/mol. The highest BCUT2D eigenvalue weighted by atomic mass is 16.6.